The first kappa shape index (κ1) is 24.4. The summed E-state index contributed by atoms with van der Waals surface area (Å²) in [5.41, 5.74) is 5.97. The van der Waals surface area contributed by atoms with Gasteiger partial charge in [0.1, 0.15) is 22.8 Å². The van der Waals surface area contributed by atoms with Crippen LogP contribution < -0.4 is 16.4 Å². The van der Waals surface area contributed by atoms with E-state index in [4.69, 9.17) is 5.73 Å². The van der Waals surface area contributed by atoms with E-state index in [2.05, 4.69) is 41.4 Å². The number of allylic oxidation sites excluding steroid dienone is 1. The average molecular weight is 547 g/mol. The molecule has 5 rings (SSSR count). The number of β-lactam (4-membered cyclic amide) rings is 1. The number of carboxylic acid groups (broad SMARTS) is 1. The number of nitrogens with two attached hydrogens (primary N) is 1. The fraction of sp³-hybridized carbons (Fsp3) is 0.316. The number of nitrogen functional groups attached to an aromatic ring is 1. The number of aromatic amines is 1. The van der Waals surface area contributed by atoms with Crippen LogP contribution in [0.1, 0.15) is 17.9 Å². The van der Waals surface area contributed by atoms with Gasteiger partial charge in [-0.3, -0.25) is 19.3 Å². The monoisotopic (exact) mass is 546 g/mol. The highest BCUT2D eigenvalue weighted by atomic mass is 32.2. The van der Waals surface area contributed by atoms with Crippen molar-refractivity contribution in [3.63, 3.8) is 0 Å². The molecule has 0 radical (unpaired) electrons. The maximum absolute atomic E-state index is 13.1. The van der Waals surface area contributed by atoms with E-state index in [9.17, 15) is 29.5 Å². The molecule has 3 amide bonds. The minimum Gasteiger partial charge on any atom is -0.477 e. The summed E-state index contributed by atoms with van der Waals surface area (Å²) in [6, 6.07) is -1.08. The molecule has 37 heavy (non-hydrogen) atoms. The van der Waals surface area contributed by atoms with Gasteiger partial charge in [-0.2, -0.15) is 5.21 Å². The Hall–Kier alpha value is -4.32. The third kappa shape index (κ3) is 4.29. The third-order valence-electron chi connectivity index (χ3n) is 5.92. The van der Waals surface area contributed by atoms with Crippen molar-refractivity contribution in [2.45, 2.75) is 24.3 Å². The van der Waals surface area contributed by atoms with Gasteiger partial charge in [-0.25, -0.2) is 9.78 Å². The Morgan fingerprint density at radius 1 is 1.35 bits per heavy atom. The number of carboxylic acids is 1. The van der Waals surface area contributed by atoms with Crippen molar-refractivity contribution >= 4 is 57.6 Å². The Morgan fingerprint density at radius 2 is 2.16 bits per heavy atom. The molecular formula is C19H18N10O6S2. The number of fused-ring (bicyclic) bond motifs is 1. The van der Waals surface area contributed by atoms with Crippen molar-refractivity contribution in [1.82, 2.24) is 41.1 Å². The number of anilines is 1. The summed E-state index contributed by atoms with van der Waals surface area (Å²) < 4.78 is 0. The highest BCUT2D eigenvalue weighted by Crippen LogP contribution is 2.43. The number of hydrogen-bond acceptors (Lipinski definition) is 13. The lowest BCUT2D eigenvalue weighted by atomic mass is 9.92. The first-order chi connectivity index (χ1) is 17.8. The van der Waals surface area contributed by atoms with Crippen LogP contribution in [0.4, 0.5) is 5.13 Å². The van der Waals surface area contributed by atoms with Gasteiger partial charge in [0, 0.05) is 29.7 Å². The number of hydrogen-bond donors (Lipinski definition) is 6. The minimum atomic E-state index is -1.36. The van der Waals surface area contributed by atoms with Crippen LogP contribution in [0.15, 0.2) is 33.0 Å². The zero-order valence-corrected chi connectivity index (χ0v) is 20.3. The summed E-state index contributed by atoms with van der Waals surface area (Å²) >= 11 is 2.26. The Balaban J connectivity index is 1.45. The van der Waals surface area contributed by atoms with Gasteiger partial charge in [0.25, 0.3) is 11.8 Å². The van der Waals surface area contributed by atoms with Crippen LogP contribution in [-0.4, -0.2) is 93.9 Å². The number of oxime groups is 1. The first-order valence-corrected chi connectivity index (χ1v) is 12.6. The van der Waals surface area contributed by atoms with Crippen LogP contribution in [0, 0.1) is 0 Å². The Bertz CT molecular complexity index is 1400. The lowest BCUT2D eigenvalue weighted by Gasteiger charge is -2.49. The number of thiazole rings is 1. The highest BCUT2D eigenvalue weighted by Gasteiger charge is 2.55. The number of nitrogens with zero attached hydrogens (tertiary/aromatic N) is 6. The van der Waals surface area contributed by atoms with Crippen molar-refractivity contribution in [2.75, 3.05) is 18.0 Å². The van der Waals surface area contributed by atoms with Gasteiger partial charge in [0.15, 0.2) is 16.7 Å². The number of nitrogens with one attached hydrogen (secondary N) is 3. The second-order valence-corrected chi connectivity index (χ2v) is 9.98. The summed E-state index contributed by atoms with van der Waals surface area (Å²) in [5.74, 6) is -2.85. The molecule has 0 aliphatic carbocycles. The van der Waals surface area contributed by atoms with Crippen molar-refractivity contribution in [1.29, 1.82) is 0 Å². The third-order valence-corrected chi connectivity index (χ3v) is 7.88. The van der Waals surface area contributed by atoms with Crippen molar-refractivity contribution in [3.05, 3.63) is 39.3 Å². The maximum atomic E-state index is 13.1. The van der Waals surface area contributed by atoms with E-state index < -0.39 is 34.9 Å². The standard InChI is InChI=1S/C19H18N10O6S2/c20-19-22-9(5-37-19)11(26-35)15(31)23-12-16(32)29-13(18(33)34)8(4-36-17(12)29)7(3-10-24-27-28-25-10)6-1-2-21-14(6)30/h5,12,17,35H,1-4H2,(H2,20,22)(H,21,30)(H,23,31)(H,33,34)(H,24,25,27,28)/t12-,17-/m1/s1. The Kier molecular flexibility index (Phi) is 6.34. The molecule has 192 valence electrons. The fourth-order valence-corrected chi connectivity index (χ4v) is 6.22. The van der Waals surface area contributed by atoms with E-state index in [0.717, 1.165) is 16.2 Å². The first-order valence-electron chi connectivity index (χ1n) is 10.7. The Morgan fingerprint density at radius 3 is 2.76 bits per heavy atom. The molecule has 0 unspecified atom stereocenters. The maximum Gasteiger partial charge on any atom is 0.352 e. The molecule has 0 bridgehead atoms. The van der Waals surface area contributed by atoms with E-state index in [1.807, 2.05) is 0 Å². The van der Waals surface area contributed by atoms with Gasteiger partial charge in [0.05, 0.1) is 0 Å². The SMILES string of the molecule is Nc1nc(C(=NO)C(=O)N[C@@H]2C(=O)N3C(C(=O)O)=C(C(Cc4nn[nH]n4)=C4CCNC4=O)CS[C@H]23)cs1. The topological polar surface area (TPSA) is 242 Å². The smallest absolute Gasteiger partial charge is 0.352 e. The number of aliphatic carboxylic acids is 1. The summed E-state index contributed by atoms with van der Waals surface area (Å²) in [5, 5.41) is 42.1. The number of carbonyl (C=O) groups excluding carboxylic acids is 3. The van der Waals surface area contributed by atoms with Crippen molar-refractivity contribution < 1.29 is 29.5 Å². The Labute approximate surface area is 215 Å². The molecule has 7 N–H and O–H groups in total. The molecular weight excluding hydrogens is 528 g/mol. The van der Waals surface area contributed by atoms with Gasteiger partial charge in [-0.05, 0) is 17.6 Å². The van der Waals surface area contributed by atoms with Gasteiger partial charge in [0.2, 0.25) is 5.91 Å². The zero-order valence-electron chi connectivity index (χ0n) is 18.7. The molecule has 3 aliphatic heterocycles. The predicted molar refractivity (Wildman–Crippen MR) is 127 cm³/mol. The predicted octanol–water partition coefficient (Wildman–Crippen LogP) is -1.79. The van der Waals surface area contributed by atoms with E-state index in [1.54, 1.807) is 0 Å². The number of thioether (sulfide) groups is 1. The molecule has 2 atom stereocenters. The summed E-state index contributed by atoms with van der Waals surface area (Å²) in [7, 11) is 0. The average Bonchev–Trinajstić information content (AvgIpc) is 3.64. The molecule has 2 saturated heterocycles. The van der Waals surface area contributed by atoms with Crippen LogP contribution in [0.2, 0.25) is 0 Å². The number of amides is 3. The second kappa shape index (κ2) is 9.62. The van der Waals surface area contributed by atoms with Crippen LogP contribution in [0.3, 0.4) is 0 Å². The quantitative estimate of drug-likeness (QED) is 0.0742. The lowest BCUT2D eigenvalue weighted by molar-refractivity contribution is -0.150. The molecule has 2 aromatic heterocycles. The number of carbonyl (C=O) groups is 4. The summed E-state index contributed by atoms with van der Waals surface area (Å²) in [4.78, 5) is 55.7. The van der Waals surface area contributed by atoms with Crippen LogP contribution in [-0.2, 0) is 25.6 Å². The van der Waals surface area contributed by atoms with Gasteiger partial charge < -0.3 is 26.7 Å². The summed E-state index contributed by atoms with van der Waals surface area (Å²) in [6.07, 6.45) is 0.402. The molecule has 18 heteroatoms. The molecule has 16 nitrogen and oxygen atoms in total. The van der Waals surface area contributed by atoms with E-state index in [0.29, 0.717) is 29.7 Å². The molecule has 5 heterocycles. The zero-order chi connectivity index (χ0) is 26.3. The van der Waals surface area contributed by atoms with E-state index >= 15 is 0 Å². The fourth-order valence-electron chi connectivity index (χ4n) is 4.29. The van der Waals surface area contributed by atoms with Gasteiger partial charge in [-0.15, -0.1) is 33.3 Å². The second-order valence-electron chi connectivity index (χ2n) is 7.98. The summed E-state index contributed by atoms with van der Waals surface area (Å²) in [6.45, 7) is 0.394. The minimum absolute atomic E-state index is 0.0309. The van der Waals surface area contributed by atoms with Crippen LogP contribution in [0.5, 0.6) is 0 Å². The number of aromatic nitrogens is 5. The van der Waals surface area contributed by atoms with Crippen LogP contribution in [0.25, 0.3) is 0 Å². The van der Waals surface area contributed by atoms with E-state index in [1.165, 1.54) is 17.1 Å². The number of rotatable bonds is 7. The largest absolute Gasteiger partial charge is 0.477 e. The number of tetrazole rings is 1. The van der Waals surface area contributed by atoms with E-state index in [-0.39, 0.29) is 40.4 Å². The number of H-pyrrole nitrogens is 1. The molecule has 0 aromatic carbocycles. The normalized spacial score (nSPS) is 22.9. The molecule has 3 aliphatic rings. The van der Waals surface area contributed by atoms with Crippen molar-refractivity contribution in [2.24, 2.45) is 5.16 Å². The molecule has 0 saturated carbocycles. The van der Waals surface area contributed by atoms with Crippen LogP contribution >= 0.6 is 23.1 Å². The van der Waals surface area contributed by atoms with Crippen molar-refractivity contribution in [3.8, 4) is 0 Å². The molecule has 2 aromatic rings. The van der Waals surface area contributed by atoms with Gasteiger partial charge >= 0.3 is 5.97 Å². The molecule has 0 spiro atoms. The van der Waals surface area contributed by atoms with Gasteiger partial charge in [-0.1, -0.05) is 10.4 Å². The molecule has 2 fully saturated rings. The highest BCUT2D eigenvalue weighted by molar-refractivity contribution is 8.00. The lowest BCUT2D eigenvalue weighted by Crippen LogP contribution is -2.71.